The van der Waals surface area contributed by atoms with E-state index >= 15 is 0 Å². The minimum absolute atomic E-state index is 0.0105. The fraction of sp³-hybridized carbons (Fsp3) is 0.500. The minimum Gasteiger partial charge on any atom is -0.348 e. The van der Waals surface area contributed by atoms with Crippen molar-refractivity contribution < 1.29 is 14.0 Å². The van der Waals surface area contributed by atoms with E-state index in [1.165, 1.54) is 6.07 Å². The van der Waals surface area contributed by atoms with E-state index in [1.54, 1.807) is 6.07 Å². The molecule has 0 radical (unpaired) electrons. The molecule has 1 aromatic carbocycles. The van der Waals surface area contributed by atoms with E-state index in [0.29, 0.717) is 18.5 Å². The third-order valence-corrected chi connectivity index (χ3v) is 4.41. The highest BCUT2D eigenvalue weighted by Gasteiger charge is 2.25. The molecule has 118 valence electrons. The van der Waals surface area contributed by atoms with E-state index in [0.717, 1.165) is 24.9 Å². The number of piperidine rings is 1. The third kappa shape index (κ3) is 2.97. The largest absolute Gasteiger partial charge is 0.348 e. The van der Waals surface area contributed by atoms with Crippen molar-refractivity contribution in [1.82, 2.24) is 10.6 Å². The second kappa shape index (κ2) is 6.04. The van der Waals surface area contributed by atoms with Crippen molar-refractivity contribution in [3.05, 3.63) is 29.1 Å². The first kappa shape index (κ1) is 15.0. The summed E-state index contributed by atoms with van der Waals surface area (Å²) in [5.74, 6) is -1.11. The van der Waals surface area contributed by atoms with Crippen molar-refractivity contribution in [2.45, 2.75) is 44.7 Å². The third-order valence-electron chi connectivity index (χ3n) is 4.41. The van der Waals surface area contributed by atoms with Gasteiger partial charge in [0.1, 0.15) is 5.82 Å². The average Bonchev–Trinajstić information content (AvgIpc) is 2.48. The Hall–Kier alpha value is -1.95. The van der Waals surface area contributed by atoms with Gasteiger partial charge in [0, 0.05) is 24.2 Å². The van der Waals surface area contributed by atoms with Gasteiger partial charge in [-0.3, -0.25) is 9.59 Å². The van der Waals surface area contributed by atoms with Crippen LogP contribution in [0.4, 0.5) is 10.1 Å². The van der Waals surface area contributed by atoms with Crippen LogP contribution in [0.5, 0.6) is 0 Å². The van der Waals surface area contributed by atoms with Gasteiger partial charge in [-0.1, -0.05) is 0 Å². The van der Waals surface area contributed by atoms with Gasteiger partial charge in [0.15, 0.2) is 0 Å². The Balaban J connectivity index is 1.79. The maximum absolute atomic E-state index is 14.2. The van der Waals surface area contributed by atoms with Crippen LogP contribution < -0.4 is 16.0 Å². The zero-order chi connectivity index (χ0) is 15.7. The molecule has 22 heavy (non-hydrogen) atoms. The highest BCUT2D eigenvalue weighted by atomic mass is 19.1. The first-order valence-corrected chi connectivity index (χ1v) is 7.71. The number of fused-ring (bicyclic) bond motifs is 1. The van der Waals surface area contributed by atoms with Crippen molar-refractivity contribution >= 4 is 17.5 Å². The molecule has 1 fully saturated rings. The van der Waals surface area contributed by atoms with Gasteiger partial charge in [-0.2, -0.15) is 0 Å². The molecular formula is C16H20FN3O2. The van der Waals surface area contributed by atoms with Crippen LogP contribution in [0.3, 0.4) is 0 Å². The Morgan fingerprint density at radius 1 is 1.36 bits per heavy atom. The van der Waals surface area contributed by atoms with Crippen LogP contribution in [0.25, 0.3) is 0 Å². The molecule has 2 atom stereocenters. The topological polar surface area (TPSA) is 70.2 Å². The molecule has 0 spiro atoms. The Kier molecular flexibility index (Phi) is 4.11. The van der Waals surface area contributed by atoms with E-state index in [9.17, 15) is 14.0 Å². The van der Waals surface area contributed by atoms with Crippen molar-refractivity contribution in [1.29, 1.82) is 0 Å². The van der Waals surface area contributed by atoms with E-state index < -0.39 is 11.7 Å². The number of hydrogen-bond acceptors (Lipinski definition) is 3. The molecule has 0 bridgehead atoms. The molecule has 2 aliphatic heterocycles. The monoisotopic (exact) mass is 305 g/mol. The lowest BCUT2D eigenvalue weighted by atomic mass is 9.97. The molecule has 0 aromatic heterocycles. The molecule has 1 aromatic rings. The van der Waals surface area contributed by atoms with Gasteiger partial charge in [0.2, 0.25) is 5.91 Å². The van der Waals surface area contributed by atoms with Crippen LogP contribution in [0.1, 0.15) is 42.1 Å². The Morgan fingerprint density at radius 2 is 2.18 bits per heavy atom. The van der Waals surface area contributed by atoms with Gasteiger partial charge in [-0.25, -0.2) is 4.39 Å². The lowest BCUT2D eigenvalue weighted by molar-refractivity contribution is -0.116. The average molecular weight is 305 g/mol. The summed E-state index contributed by atoms with van der Waals surface area (Å²) in [6, 6.07) is 2.98. The number of carbonyl (C=O) groups excluding carboxylic acids is 2. The first-order valence-electron chi connectivity index (χ1n) is 7.71. The Labute approximate surface area is 128 Å². The second-order valence-electron chi connectivity index (χ2n) is 6.00. The molecule has 5 nitrogen and oxygen atoms in total. The maximum Gasteiger partial charge on any atom is 0.254 e. The highest BCUT2D eigenvalue weighted by molar-refractivity contribution is 5.98. The summed E-state index contributed by atoms with van der Waals surface area (Å²) in [5, 5.41) is 8.85. The van der Waals surface area contributed by atoms with Gasteiger partial charge >= 0.3 is 0 Å². The predicted molar refractivity (Wildman–Crippen MR) is 81.3 cm³/mol. The molecular weight excluding hydrogens is 285 g/mol. The summed E-state index contributed by atoms with van der Waals surface area (Å²) in [4.78, 5) is 23.7. The standard InChI is InChI=1S/C16H20FN3O2/c1-9-13(3-2-6-18-9)20-16(22)11-7-10-4-5-15(21)19-14(10)8-12(11)17/h7-9,13,18H,2-6H2,1H3,(H,19,21)(H,20,22). The molecule has 2 aliphatic rings. The molecule has 3 N–H and O–H groups in total. The summed E-state index contributed by atoms with van der Waals surface area (Å²) in [6.07, 6.45) is 2.78. The Morgan fingerprint density at radius 3 is 2.95 bits per heavy atom. The normalized spacial score (nSPS) is 24.4. The van der Waals surface area contributed by atoms with Gasteiger partial charge in [0.25, 0.3) is 5.91 Å². The van der Waals surface area contributed by atoms with Crippen LogP contribution in [0, 0.1) is 5.82 Å². The lowest BCUT2D eigenvalue weighted by Crippen LogP contribution is -2.52. The fourth-order valence-electron chi connectivity index (χ4n) is 3.06. The molecule has 2 amide bonds. The summed E-state index contributed by atoms with van der Waals surface area (Å²) in [7, 11) is 0. The van der Waals surface area contributed by atoms with Crippen molar-refractivity contribution in [3.8, 4) is 0 Å². The number of amides is 2. The molecule has 0 saturated carbocycles. The zero-order valence-corrected chi connectivity index (χ0v) is 12.5. The number of rotatable bonds is 2. The van der Waals surface area contributed by atoms with Gasteiger partial charge in [-0.05, 0) is 50.4 Å². The van der Waals surface area contributed by atoms with Crippen LogP contribution in [-0.2, 0) is 11.2 Å². The van der Waals surface area contributed by atoms with Crippen molar-refractivity contribution in [3.63, 3.8) is 0 Å². The number of aryl methyl sites for hydroxylation is 1. The minimum atomic E-state index is -0.602. The second-order valence-corrected chi connectivity index (χ2v) is 6.00. The maximum atomic E-state index is 14.2. The number of hydrogen-bond donors (Lipinski definition) is 3. The molecule has 6 heteroatoms. The summed E-state index contributed by atoms with van der Waals surface area (Å²) in [5.41, 5.74) is 1.33. The zero-order valence-electron chi connectivity index (χ0n) is 12.5. The highest BCUT2D eigenvalue weighted by Crippen LogP contribution is 2.26. The van der Waals surface area contributed by atoms with E-state index in [4.69, 9.17) is 0 Å². The van der Waals surface area contributed by atoms with Crippen LogP contribution in [0.2, 0.25) is 0 Å². The summed E-state index contributed by atoms with van der Waals surface area (Å²) < 4.78 is 14.2. The number of nitrogens with one attached hydrogen (secondary N) is 3. The van der Waals surface area contributed by atoms with Gasteiger partial charge in [0.05, 0.1) is 5.56 Å². The van der Waals surface area contributed by atoms with Crippen molar-refractivity contribution in [2.24, 2.45) is 0 Å². The molecule has 3 rings (SSSR count). The van der Waals surface area contributed by atoms with Gasteiger partial charge in [-0.15, -0.1) is 0 Å². The van der Waals surface area contributed by atoms with E-state index in [2.05, 4.69) is 16.0 Å². The first-order chi connectivity index (χ1) is 10.5. The van der Waals surface area contributed by atoms with E-state index in [1.807, 2.05) is 6.92 Å². The number of carbonyl (C=O) groups is 2. The molecule has 2 heterocycles. The summed E-state index contributed by atoms with van der Waals surface area (Å²) in [6.45, 7) is 2.96. The van der Waals surface area contributed by atoms with Crippen molar-refractivity contribution in [2.75, 3.05) is 11.9 Å². The number of anilines is 1. The molecule has 0 aliphatic carbocycles. The van der Waals surface area contributed by atoms with Crippen LogP contribution in [0.15, 0.2) is 12.1 Å². The molecule has 1 saturated heterocycles. The predicted octanol–water partition coefficient (Wildman–Crippen LogP) is 1.58. The number of benzene rings is 1. The van der Waals surface area contributed by atoms with Gasteiger partial charge < -0.3 is 16.0 Å². The van der Waals surface area contributed by atoms with E-state index in [-0.39, 0.29) is 23.6 Å². The fourth-order valence-corrected chi connectivity index (χ4v) is 3.06. The number of halogens is 1. The van der Waals surface area contributed by atoms with Crippen LogP contribution >= 0.6 is 0 Å². The Bertz CT molecular complexity index is 618. The lowest BCUT2D eigenvalue weighted by Gasteiger charge is -2.30. The van der Waals surface area contributed by atoms with Crippen LogP contribution in [-0.4, -0.2) is 30.4 Å². The smallest absolute Gasteiger partial charge is 0.254 e. The summed E-state index contributed by atoms with van der Waals surface area (Å²) >= 11 is 0. The molecule has 2 unspecified atom stereocenters. The quantitative estimate of drug-likeness (QED) is 0.777. The SMILES string of the molecule is CC1NCCCC1NC(=O)c1cc2c(cc1F)NC(=O)CC2.